The molecule has 0 unspecified atom stereocenters. The second-order valence-electron chi connectivity index (χ2n) is 7.89. The van der Waals surface area contributed by atoms with Crippen molar-refractivity contribution in [3.05, 3.63) is 63.8 Å². The molecule has 3 aromatic heterocycles. The van der Waals surface area contributed by atoms with Gasteiger partial charge in [0.05, 0.1) is 27.5 Å². The number of hydrogen-bond donors (Lipinski definition) is 1. The summed E-state index contributed by atoms with van der Waals surface area (Å²) >= 11 is 2.03. The smallest absolute Gasteiger partial charge is 0.417 e. The number of halogens is 3. The van der Waals surface area contributed by atoms with Crippen molar-refractivity contribution < 1.29 is 32.3 Å². The van der Waals surface area contributed by atoms with Crippen LogP contribution in [0.4, 0.5) is 24.5 Å². The summed E-state index contributed by atoms with van der Waals surface area (Å²) in [7, 11) is 0. The number of fused-ring (bicyclic) bond motifs is 2. The van der Waals surface area contributed by atoms with Crippen LogP contribution in [0.5, 0.6) is 0 Å². The van der Waals surface area contributed by atoms with Gasteiger partial charge in [-0.2, -0.15) is 13.2 Å². The van der Waals surface area contributed by atoms with Gasteiger partial charge in [0.25, 0.3) is 5.91 Å². The molecule has 7 nitrogen and oxygen atoms in total. The zero-order valence-corrected chi connectivity index (χ0v) is 20.1. The lowest BCUT2D eigenvalue weighted by Gasteiger charge is -2.28. The zero-order chi connectivity index (χ0) is 25.6. The number of carbonyl (C=O) groups excluding carboxylic acids is 3. The van der Waals surface area contributed by atoms with E-state index in [-0.39, 0.29) is 32.9 Å². The first-order valence-electron chi connectivity index (χ1n) is 10.5. The number of para-hydroxylation sites is 2. The monoisotopic (exact) mass is 531 g/mol. The van der Waals surface area contributed by atoms with Crippen LogP contribution in [0.1, 0.15) is 20.8 Å². The van der Waals surface area contributed by atoms with E-state index in [9.17, 15) is 27.6 Å². The lowest BCUT2D eigenvalue weighted by atomic mass is 10.1. The number of nitrogens with one attached hydrogen (secondary N) is 1. The van der Waals surface area contributed by atoms with E-state index in [4.69, 9.17) is 4.74 Å². The molecule has 12 heteroatoms. The van der Waals surface area contributed by atoms with Gasteiger partial charge in [0.1, 0.15) is 16.3 Å². The molecule has 2 amide bonds. The first-order valence-corrected chi connectivity index (χ1v) is 12.2. The molecule has 0 saturated heterocycles. The van der Waals surface area contributed by atoms with Gasteiger partial charge in [-0.05, 0) is 42.1 Å². The highest BCUT2D eigenvalue weighted by Gasteiger charge is 2.36. The maximum atomic E-state index is 13.9. The highest BCUT2D eigenvalue weighted by Crippen LogP contribution is 2.42. The van der Waals surface area contributed by atoms with Crippen molar-refractivity contribution in [1.82, 2.24) is 4.98 Å². The molecular formula is C24H16F3N3O4S2. The molecule has 1 aromatic carbocycles. The topological polar surface area (TPSA) is 88.6 Å². The predicted molar refractivity (Wildman–Crippen MR) is 130 cm³/mol. The summed E-state index contributed by atoms with van der Waals surface area (Å²) in [6, 6.07) is 11.0. The van der Waals surface area contributed by atoms with Crippen LogP contribution in [-0.4, -0.2) is 35.9 Å². The molecule has 5 rings (SSSR count). The van der Waals surface area contributed by atoms with E-state index in [0.29, 0.717) is 16.3 Å². The van der Waals surface area contributed by atoms with E-state index in [1.54, 1.807) is 41.8 Å². The molecule has 0 radical (unpaired) electrons. The van der Waals surface area contributed by atoms with Crippen LogP contribution in [-0.2, 0) is 20.5 Å². The number of carbonyl (C=O) groups is 3. The average molecular weight is 532 g/mol. The van der Waals surface area contributed by atoms with Crippen LogP contribution < -0.4 is 10.2 Å². The van der Waals surface area contributed by atoms with Crippen molar-refractivity contribution in [2.75, 3.05) is 23.4 Å². The zero-order valence-electron chi connectivity index (χ0n) is 18.5. The molecule has 184 valence electrons. The Bertz CT molecular complexity index is 1510. The minimum atomic E-state index is -4.67. The predicted octanol–water partition coefficient (Wildman–Crippen LogP) is 5.49. The lowest BCUT2D eigenvalue weighted by molar-refractivity contribution is -0.136. The second-order valence-corrected chi connectivity index (χ2v) is 9.83. The Morgan fingerprint density at radius 1 is 1.19 bits per heavy atom. The quantitative estimate of drug-likeness (QED) is 0.352. The standard InChI is InChI=1S/C24H16F3N3O4S2/c1-12-20-13(24(25,26)27)9-15(17-7-4-8-35-17)29-22(20)36-21(12)23(33)34-11-19(32)30-10-18(31)28-14-5-2-3-6-16(14)30/h2-9H,10-11H2,1H3,(H,28,31). The number of aromatic nitrogens is 1. The Labute approximate surface area is 210 Å². The molecule has 4 aromatic rings. The number of nitrogens with zero attached hydrogens (tertiary/aromatic N) is 2. The summed E-state index contributed by atoms with van der Waals surface area (Å²) in [5.74, 6) is -1.98. The fraction of sp³-hybridized carbons (Fsp3) is 0.167. The van der Waals surface area contributed by atoms with Gasteiger partial charge in [-0.1, -0.05) is 18.2 Å². The molecule has 0 bridgehead atoms. The van der Waals surface area contributed by atoms with E-state index >= 15 is 0 Å². The fourth-order valence-corrected chi connectivity index (χ4v) is 5.73. The number of pyridine rings is 1. The van der Waals surface area contributed by atoms with Crippen LogP contribution in [0.15, 0.2) is 47.8 Å². The van der Waals surface area contributed by atoms with Crippen molar-refractivity contribution in [3.63, 3.8) is 0 Å². The molecule has 1 aliphatic heterocycles. The van der Waals surface area contributed by atoms with E-state index in [1.165, 1.54) is 23.2 Å². The maximum Gasteiger partial charge on any atom is 0.417 e. The number of anilines is 2. The van der Waals surface area contributed by atoms with E-state index in [2.05, 4.69) is 10.3 Å². The molecule has 0 aliphatic carbocycles. The van der Waals surface area contributed by atoms with E-state index < -0.39 is 36.1 Å². The Kier molecular flexibility index (Phi) is 6.00. The third kappa shape index (κ3) is 4.33. The SMILES string of the molecule is Cc1c(C(=O)OCC(=O)N2CC(=O)Nc3ccccc32)sc2nc(-c3cccs3)cc(C(F)(F)F)c12. The molecule has 4 heterocycles. The molecule has 0 spiro atoms. The Morgan fingerprint density at radius 3 is 2.69 bits per heavy atom. The van der Waals surface area contributed by atoms with Gasteiger partial charge < -0.3 is 10.1 Å². The lowest BCUT2D eigenvalue weighted by Crippen LogP contribution is -2.44. The molecule has 1 N–H and O–H groups in total. The minimum Gasteiger partial charge on any atom is -0.451 e. The molecule has 0 fully saturated rings. The Hall–Kier alpha value is -3.77. The fourth-order valence-electron chi connectivity index (χ4n) is 3.94. The summed E-state index contributed by atoms with van der Waals surface area (Å²) in [4.78, 5) is 43.7. The first-order chi connectivity index (χ1) is 17.1. The summed E-state index contributed by atoms with van der Waals surface area (Å²) in [6.45, 7) is 0.456. The summed E-state index contributed by atoms with van der Waals surface area (Å²) < 4.78 is 46.9. The van der Waals surface area contributed by atoms with E-state index in [0.717, 1.165) is 17.4 Å². The van der Waals surface area contributed by atoms with Crippen LogP contribution in [0.2, 0.25) is 0 Å². The van der Waals surface area contributed by atoms with Crippen molar-refractivity contribution in [2.24, 2.45) is 0 Å². The number of hydrogen-bond acceptors (Lipinski definition) is 7. The van der Waals surface area contributed by atoms with Crippen molar-refractivity contribution >= 4 is 62.0 Å². The summed E-state index contributed by atoms with van der Waals surface area (Å²) in [5.41, 5.74) is 0.240. The van der Waals surface area contributed by atoms with Crippen LogP contribution in [0, 0.1) is 6.92 Å². The van der Waals surface area contributed by atoms with Gasteiger partial charge in [-0.3, -0.25) is 14.5 Å². The number of amides is 2. The van der Waals surface area contributed by atoms with E-state index in [1.807, 2.05) is 0 Å². The molecule has 1 aliphatic rings. The maximum absolute atomic E-state index is 13.9. The first kappa shape index (κ1) is 23.9. The van der Waals surface area contributed by atoms with Crippen molar-refractivity contribution in [2.45, 2.75) is 13.1 Å². The van der Waals surface area contributed by atoms with Crippen molar-refractivity contribution in [1.29, 1.82) is 0 Å². The average Bonchev–Trinajstić information content (AvgIpc) is 3.49. The third-order valence-corrected chi connectivity index (χ3v) is 7.62. The highest BCUT2D eigenvalue weighted by atomic mass is 32.1. The van der Waals surface area contributed by atoms with Gasteiger partial charge in [-0.25, -0.2) is 9.78 Å². The van der Waals surface area contributed by atoms with Gasteiger partial charge in [0, 0.05) is 5.39 Å². The van der Waals surface area contributed by atoms with Crippen molar-refractivity contribution in [3.8, 4) is 10.6 Å². The number of aryl methyl sites for hydroxylation is 1. The molecular weight excluding hydrogens is 515 g/mol. The van der Waals surface area contributed by atoms with Gasteiger partial charge >= 0.3 is 12.1 Å². The van der Waals surface area contributed by atoms with Crippen LogP contribution >= 0.6 is 22.7 Å². The minimum absolute atomic E-state index is 0.0469. The Morgan fingerprint density at radius 2 is 1.97 bits per heavy atom. The van der Waals surface area contributed by atoms with Gasteiger partial charge in [-0.15, -0.1) is 22.7 Å². The number of benzene rings is 1. The molecule has 0 atom stereocenters. The number of ether oxygens (including phenoxy) is 1. The largest absolute Gasteiger partial charge is 0.451 e. The highest BCUT2D eigenvalue weighted by molar-refractivity contribution is 7.20. The molecule has 0 saturated carbocycles. The normalized spacial score (nSPS) is 13.4. The number of thiophene rings is 2. The second kappa shape index (κ2) is 9.03. The summed E-state index contributed by atoms with van der Waals surface area (Å²) in [5, 5.41) is 4.21. The third-order valence-electron chi connectivity index (χ3n) is 5.56. The van der Waals surface area contributed by atoms with Crippen LogP contribution in [0.3, 0.4) is 0 Å². The molecule has 36 heavy (non-hydrogen) atoms. The summed E-state index contributed by atoms with van der Waals surface area (Å²) in [6.07, 6.45) is -4.67. The van der Waals surface area contributed by atoms with Gasteiger partial charge in [0.15, 0.2) is 6.61 Å². The van der Waals surface area contributed by atoms with Gasteiger partial charge in [0.2, 0.25) is 5.91 Å². The number of alkyl halides is 3. The number of rotatable bonds is 4. The number of esters is 1. The van der Waals surface area contributed by atoms with Crippen LogP contribution in [0.25, 0.3) is 20.8 Å². The Balaban J connectivity index is 1.43.